The van der Waals surface area contributed by atoms with E-state index in [0.717, 1.165) is 32.9 Å². The average molecular weight is 347 g/mol. The number of rotatable bonds is 4. The van der Waals surface area contributed by atoms with Crippen LogP contribution in [-0.4, -0.2) is 27.8 Å². The predicted molar refractivity (Wildman–Crippen MR) is 102 cm³/mol. The smallest absolute Gasteiger partial charge is 0.264 e. The molecule has 4 rings (SSSR count). The number of aromatic nitrogens is 2. The Morgan fingerprint density at radius 1 is 1.08 bits per heavy atom. The van der Waals surface area contributed by atoms with Crippen molar-refractivity contribution < 1.29 is 4.79 Å². The average Bonchev–Trinajstić information content (AvgIpc) is 3.28. The van der Waals surface area contributed by atoms with Crippen molar-refractivity contribution in [1.82, 2.24) is 14.9 Å². The monoisotopic (exact) mass is 347 g/mol. The molecule has 0 bridgehead atoms. The molecule has 0 aliphatic carbocycles. The number of carbonyl (C=O) groups is 1. The lowest BCUT2D eigenvalue weighted by Crippen LogP contribution is -2.26. The van der Waals surface area contributed by atoms with E-state index in [9.17, 15) is 4.79 Å². The number of thiophene rings is 1. The summed E-state index contributed by atoms with van der Waals surface area (Å²) in [6, 6.07) is 19.9. The molecular weight excluding hydrogens is 330 g/mol. The number of fused-ring (bicyclic) bond motifs is 1. The van der Waals surface area contributed by atoms with Crippen LogP contribution in [0.2, 0.25) is 0 Å². The van der Waals surface area contributed by atoms with E-state index in [-0.39, 0.29) is 5.91 Å². The molecule has 2 aromatic carbocycles. The molecular formula is C20H17N3OS. The Bertz CT molecular complexity index is 987. The number of para-hydroxylation sites is 2. The molecule has 1 amide bonds. The van der Waals surface area contributed by atoms with Crippen LogP contribution >= 0.6 is 11.3 Å². The van der Waals surface area contributed by atoms with E-state index < -0.39 is 0 Å². The fourth-order valence-corrected chi connectivity index (χ4v) is 3.78. The fourth-order valence-electron chi connectivity index (χ4n) is 2.87. The molecule has 2 aromatic heterocycles. The summed E-state index contributed by atoms with van der Waals surface area (Å²) in [5.74, 6) is 0.796. The molecule has 0 unspecified atom stereocenters. The minimum Gasteiger partial charge on any atom is -0.340 e. The van der Waals surface area contributed by atoms with E-state index in [0.29, 0.717) is 6.54 Å². The van der Waals surface area contributed by atoms with Gasteiger partial charge in [0.2, 0.25) is 0 Å². The maximum atomic E-state index is 12.9. The van der Waals surface area contributed by atoms with Crippen molar-refractivity contribution in [2.24, 2.45) is 0 Å². The van der Waals surface area contributed by atoms with Gasteiger partial charge in [-0.3, -0.25) is 4.79 Å². The molecule has 124 valence electrons. The van der Waals surface area contributed by atoms with Gasteiger partial charge < -0.3 is 9.88 Å². The van der Waals surface area contributed by atoms with Crippen LogP contribution in [0.15, 0.2) is 66.0 Å². The van der Waals surface area contributed by atoms with Crippen molar-refractivity contribution in [2.45, 2.75) is 6.54 Å². The molecule has 0 aliphatic rings. The molecule has 5 heteroatoms. The van der Waals surface area contributed by atoms with Gasteiger partial charge in [0.05, 0.1) is 22.5 Å². The lowest BCUT2D eigenvalue weighted by Gasteiger charge is -2.16. The normalized spacial score (nSPS) is 10.9. The van der Waals surface area contributed by atoms with Crippen LogP contribution in [0.4, 0.5) is 0 Å². The Hall–Kier alpha value is -2.92. The van der Waals surface area contributed by atoms with Gasteiger partial charge in [0.15, 0.2) is 0 Å². The Morgan fingerprint density at radius 2 is 1.84 bits per heavy atom. The van der Waals surface area contributed by atoms with Crippen LogP contribution in [0.1, 0.15) is 15.5 Å². The molecule has 4 aromatic rings. The summed E-state index contributed by atoms with van der Waals surface area (Å²) in [6.07, 6.45) is 0. The maximum Gasteiger partial charge on any atom is 0.264 e. The van der Waals surface area contributed by atoms with E-state index in [1.165, 1.54) is 11.3 Å². The molecule has 0 aliphatic heterocycles. The van der Waals surface area contributed by atoms with Gasteiger partial charge in [-0.1, -0.05) is 42.5 Å². The number of hydrogen-bond acceptors (Lipinski definition) is 3. The third kappa shape index (κ3) is 3.06. The number of amides is 1. The lowest BCUT2D eigenvalue weighted by molar-refractivity contribution is 0.0787. The molecule has 0 radical (unpaired) electrons. The van der Waals surface area contributed by atoms with E-state index in [1.807, 2.05) is 73.1 Å². The van der Waals surface area contributed by atoms with E-state index >= 15 is 0 Å². The van der Waals surface area contributed by atoms with Crippen LogP contribution in [0.3, 0.4) is 0 Å². The van der Waals surface area contributed by atoms with Gasteiger partial charge in [-0.2, -0.15) is 0 Å². The molecule has 0 saturated carbocycles. The first kappa shape index (κ1) is 15.6. The number of hydrogen-bond donors (Lipinski definition) is 1. The molecule has 0 spiro atoms. The Labute approximate surface area is 149 Å². The third-order valence-electron chi connectivity index (χ3n) is 4.12. The highest BCUT2D eigenvalue weighted by atomic mass is 32.1. The van der Waals surface area contributed by atoms with Gasteiger partial charge in [-0.05, 0) is 29.1 Å². The molecule has 0 atom stereocenters. The van der Waals surface area contributed by atoms with Crippen molar-refractivity contribution in [3.63, 3.8) is 0 Å². The number of aromatic amines is 1. The summed E-state index contributed by atoms with van der Waals surface area (Å²) < 4.78 is 0. The maximum absolute atomic E-state index is 12.9. The number of H-pyrrole nitrogens is 1. The van der Waals surface area contributed by atoms with Gasteiger partial charge in [0, 0.05) is 12.6 Å². The first-order chi connectivity index (χ1) is 12.2. The zero-order chi connectivity index (χ0) is 17.2. The second-order valence-corrected chi connectivity index (χ2v) is 6.81. The summed E-state index contributed by atoms with van der Waals surface area (Å²) >= 11 is 1.47. The molecule has 0 saturated heterocycles. The summed E-state index contributed by atoms with van der Waals surface area (Å²) in [4.78, 5) is 23.2. The van der Waals surface area contributed by atoms with Crippen LogP contribution < -0.4 is 0 Å². The SMILES string of the molecule is CN(Cc1nc2ccccc2[nH]1)C(=O)c1sccc1-c1ccccc1. The first-order valence-corrected chi connectivity index (χ1v) is 8.92. The van der Waals surface area contributed by atoms with E-state index in [2.05, 4.69) is 9.97 Å². The highest BCUT2D eigenvalue weighted by molar-refractivity contribution is 7.12. The predicted octanol–water partition coefficient (Wildman–Crippen LogP) is 4.56. The van der Waals surface area contributed by atoms with Crippen molar-refractivity contribution in [2.75, 3.05) is 7.05 Å². The van der Waals surface area contributed by atoms with E-state index in [4.69, 9.17) is 0 Å². The van der Waals surface area contributed by atoms with Crippen LogP contribution in [0.5, 0.6) is 0 Å². The highest BCUT2D eigenvalue weighted by Crippen LogP contribution is 2.29. The Kier molecular flexibility index (Phi) is 4.07. The van der Waals surface area contributed by atoms with Crippen LogP contribution in [0.25, 0.3) is 22.2 Å². The Morgan fingerprint density at radius 3 is 2.64 bits per heavy atom. The summed E-state index contributed by atoms with van der Waals surface area (Å²) in [5.41, 5.74) is 3.94. The molecule has 4 nitrogen and oxygen atoms in total. The molecule has 2 heterocycles. The second-order valence-electron chi connectivity index (χ2n) is 5.89. The van der Waals surface area contributed by atoms with Gasteiger partial charge in [0.25, 0.3) is 5.91 Å². The highest BCUT2D eigenvalue weighted by Gasteiger charge is 2.19. The quantitative estimate of drug-likeness (QED) is 0.588. The van der Waals surface area contributed by atoms with Gasteiger partial charge in [0.1, 0.15) is 5.82 Å². The minimum absolute atomic E-state index is 0.00862. The van der Waals surface area contributed by atoms with Crippen molar-refractivity contribution >= 4 is 28.3 Å². The summed E-state index contributed by atoms with van der Waals surface area (Å²) in [7, 11) is 1.81. The van der Waals surface area contributed by atoms with Crippen LogP contribution in [-0.2, 0) is 6.54 Å². The molecule has 25 heavy (non-hydrogen) atoms. The minimum atomic E-state index is 0.00862. The van der Waals surface area contributed by atoms with Gasteiger partial charge in [-0.15, -0.1) is 11.3 Å². The zero-order valence-corrected chi connectivity index (χ0v) is 14.6. The van der Waals surface area contributed by atoms with Crippen molar-refractivity contribution in [3.8, 4) is 11.1 Å². The number of nitrogens with one attached hydrogen (secondary N) is 1. The first-order valence-electron chi connectivity index (χ1n) is 8.04. The second kappa shape index (κ2) is 6.53. The third-order valence-corrected chi connectivity index (χ3v) is 5.02. The van der Waals surface area contributed by atoms with Gasteiger partial charge >= 0.3 is 0 Å². The molecule has 1 N–H and O–H groups in total. The standard InChI is InChI=1S/C20H17N3OS/c1-23(13-18-21-16-9-5-6-10-17(16)22-18)20(24)19-15(11-12-25-19)14-7-3-2-4-8-14/h2-12H,13H2,1H3,(H,21,22). The largest absolute Gasteiger partial charge is 0.340 e. The lowest BCUT2D eigenvalue weighted by atomic mass is 10.1. The fraction of sp³-hybridized carbons (Fsp3) is 0.100. The van der Waals surface area contributed by atoms with Crippen LogP contribution in [0, 0.1) is 0 Å². The van der Waals surface area contributed by atoms with Crippen molar-refractivity contribution in [3.05, 3.63) is 76.7 Å². The van der Waals surface area contributed by atoms with Crippen molar-refractivity contribution in [1.29, 1.82) is 0 Å². The number of benzene rings is 2. The summed E-state index contributed by atoms with van der Waals surface area (Å²) in [5, 5.41) is 1.96. The number of nitrogens with zero attached hydrogens (tertiary/aromatic N) is 2. The number of imidazole rings is 1. The zero-order valence-electron chi connectivity index (χ0n) is 13.8. The summed E-state index contributed by atoms with van der Waals surface area (Å²) in [6.45, 7) is 0.444. The number of carbonyl (C=O) groups excluding carboxylic acids is 1. The molecule has 0 fully saturated rings. The van der Waals surface area contributed by atoms with E-state index in [1.54, 1.807) is 4.90 Å². The topological polar surface area (TPSA) is 49.0 Å². The Balaban J connectivity index is 1.58. The van der Waals surface area contributed by atoms with Gasteiger partial charge in [-0.25, -0.2) is 4.98 Å².